The second-order valence-corrected chi connectivity index (χ2v) is 7.49. The van der Waals surface area contributed by atoms with Gasteiger partial charge in [-0.25, -0.2) is 13.1 Å². The van der Waals surface area contributed by atoms with Crippen molar-refractivity contribution in [3.63, 3.8) is 0 Å². The molecule has 0 spiro atoms. The summed E-state index contributed by atoms with van der Waals surface area (Å²) in [6.07, 6.45) is 0. The first-order valence-electron chi connectivity index (χ1n) is 4.85. The molecule has 1 aromatic rings. The highest BCUT2D eigenvalue weighted by atomic mass is 79.9. The first kappa shape index (κ1) is 16.5. The number of sulfonamides is 1. The summed E-state index contributed by atoms with van der Waals surface area (Å²) in [5.74, 6) is 0.148. The van der Waals surface area contributed by atoms with Gasteiger partial charge in [0.25, 0.3) is 0 Å². The number of hydrogen-bond donors (Lipinski definition) is 1. The predicted molar refractivity (Wildman–Crippen MR) is 79.3 cm³/mol. The topological polar surface area (TPSA) is 46.2 Å². The molecule has 0 unspecified atom stereocenters. The van der Waals surface area contributed by atoms with Crippen LogP contribution >= 0.6 is 50.7 Å². The molecular formula is C10H11BrCl3NO2S. The highest BCUT2D eigenvalue weighted by molar-refractivity contribution is 9.10. The van der Waals surface area contributed by atoms with E-state index in [2.05, 4.69) is 20.7 Å². The van der Waals surface area contributed by atoms with Gasteiger partial charge in [0.15, 0.2) is 0 Å². The van der Waals surface area contributed by atoms with Crippen LogP contribution in [-0.4, -0.2) is 25.7 Å². The van der Waals surface area contributed by atoms with Crippen molar-refractivity contribution in [1.29, 1.82) is 0 Å². The Balaban J connectivity index is 3.10. The zero-order valence-electron chi connectivity index (χ0n) is 9.38. The minimum Gasteiger partial charge on any atom is -0.207 e. The lowest BCUT2D eigenvalue weighted by Crippen LogP contribution is -2.49. The normalized spacial score (nSPS) is 12.7. The zero-order valence-corrected chi connectivity index (χ0v) is 14.1. The van der Waals surface area contributed by atoms with Crippen molar-refractivity contribution in [2.75, 3.05) is 11.8 Å². The Bertz CT molecular complexity index is 532. The van der Waals surface area contributed by atoms with Crippen molar-refractivity contribution < 1.29 is 8.42 Å². The van der Waals surface area contributed by atoms with E-state index < -0.39 is 15.6 Å². The molecule has 0 aliphatic carbocycles. The maximum Gasteiger partial charge on any atom is 0.241 e. The van der Waals surface area contributed by atoms with Gasteiger partial charge in [0.2, 0.25) is 10.0 Å². The fraction of sp³-hybridized carbons (Fsp3) is 0.400. The van der Waals surface area contributed by atoms with Crippen molar-refractivity contribution >= 4 is 60.8 Å². The monoisotopic (exact) mass is 393 g/mol. The standard InChI is InChI=1S/C10H11BrCl3NO2S/c1-10(5-12,6-13)15-18(16,17)7-2-3-9(14)8(11)4-7/h2-4,15H,5-6H2,1H3. The van der Waals surface area contributed by atoms with E-state index in [1.807, 2.05) is 0 Å². The first-order chi connectivity index (χ1) is 8.24. The molecule has 3 nitrogen and oxygen atoms in total. The minimum atomic E-state index is -3.69. The van der Waals surface area contributed by atoms with Gasteiger partial charge in [-0.3, -0.25) is 0 Å². The Kier molecular flexibility index (Phi) is 5.77. The van der Waals surface area contributed by atoms with E-state index in [1.54, 1.807) is 6.92 Å². The molecule has 0 aromatic heterocycles. The fourth-order valence-electron chi connectivity index (χ4n) is 1.12. The summed E-state index contributed by atoms with van der Waals surface area (Å²) in [6.45, 7) is 1.63. The Labute approximate surface area is 130 Å². The number of rotatable bonds is 5. The largest absolute Gasteiger partial charge is 0.241 e. The number of halogens is 4. The number of hydrogen-bond acceptors (Lipinski definition) is 2. The Morgan fingerprint density at radius 2 is 1.89 bits per heavy atom. The van der Waals surface area contributed by atoms with Crippen LogP contribution in [0.3, 0.4) is 0 Å². The van der Waals surface area contributed by atoms with Gasteiger partial charge in [0.1, 0.15) is 0 Å². The van der Waals surface area contributed by atoms with Gasteiger partial charge in [-0.2, -0.15) is 0 Å². The van der Waals surface area contributed by atoms with Crippen LogP contribution in [0.4, 0.5) is 0 Å². The Morgan fingerprint density at radius 3 is 2.33 bits per heavy atom. The van der Waals surface area contributed by atoms with Crippen LogP contribution in [-0.2, 0) is 10.0 Å². The maximum atomic E-state index is 12.1. The first-order valence-corrected chi connectivity index (χ1v) is 8.57. The highest BCUT2D eigenvalue weighted by Crippen LogP contribution is 2.26. The Hall–Kier alpha value is 0.480. The van der Waals surface area contributed by atoms with Gasteiger partial charge in [0, 0.05) is 16.2 Å². The van der Waals surface area contributed by atoms with Crippen LogP contribution in [0.15, 0.2) is 27.6 Å². The summed E-state index contributed by atoms with van der Waals surface area (Å²) in [5, 5.41) is 0.436. The average Bonchev–Trinajstić information content (AvgIpc) is 2.32. The lowest BCUT2D eigenvalue weighted by atomic mass is 10.1. The van der Waals surface area contributed by atoms with E-state index in [4.69, 9.17) is 34.8 Å². The second-order valence-electron chi connectivity index (χ2n) is 4.01. The molecule has 0 bridgehead atoms. The van der Waals surface area contributed by atoms with Crippen LogP contribution in [0.1, 0.15) is 6.92 Å². The Morgan fingerprint density at radius 1 is 1.33 bits per heavy atom. The van der Waals surface area contributed by atoms with Crippen molar-refractivity contribution in [2.24, 2.45) is 0 Å². The second kappa shape index (κ2) is 6.29. The summed E-state index contributed by atoms with van der Waals surface area (Å²) < 4.78 is 27.3. The van der Waals surface area contributed by atoms with E-state index in [0.717, 1.165) is 0 Å². The lowest BCUT2D eigenvalue weighted by Gasteiger charge is -2.25. The summed E-state index contributed by atoms with van der Waals surface area (Å²) in [7, 11) is -3.69. The molecule has 1 N–H and O–H groups in total. The number of nitrogens with one attached hydrogen (secondary N) is 1. The molecule has 102 valence electrons. The van der Waals surface area contributed by atoms with Gasteiger partial charge in [0.05, 0.1) is 15.5 Å². The molecule has 0 aliphatic heterocycles. The molecule has 0 radical (unpaired) electrons. The van der Waals surface area contributed by atoms with E-state index in [1.165, 1.54) is 18.2 Å². The van der Waals surface area contributed by atoms with Crippen molar-refractivity contribution in [3.8, 4) is 0 Å². The molecule has 8 heteroatoms. The molecule has 0 heterocycles. The quantitative estimate of drug-likeness (QED) is 0.774. The molecule has 0 saturated carbocycles. The molecule has 1 rings (SSSR count). The van der Waals surface area contributed by atoms with Crippen molar-refractivity contribution in [2.45, 2.75) is 17.4 Å². The van der Waals surface area contributed by atoms with Crippen LogP contribution in [0.5, 0.6) is 0 Å². The molecule has 0 saturated heterocycles. The third-order valence-electron chi connectivity index (χ3n) is 2.17. The van der Waals surface area contributed by atoms with Crippen molar-refractivity contribution in [1.82, 2.24) is 4.72 Å². The summed E-state index contributed by atoms with van der Waals surface area (Å²) in [5.41, 5.74) is -0.895. The van der Waals surface area contributed by atoms with Gasteiger partial charge >= 0.3 is 0 Å². The third kappa shape index (κ3) is 3.99. The zero-order chi connectivity index (χ0) is 14.0. The van der Waals surface area contributed by atoms with Gasteiger partial charge < -0.3 is 0 Å². The molecule has 18 heavy (non-hydrogen) atoms. The highest BCUT2D eigenvalue weighted by Gasteiger charge is 2.29. The number of benzene rings is 1. The van der Waals surface area contributed by atoms with E-state index in [-0.39, 0.29) is 16.7 Å². The fourth-order valence-corrected chi connectivity index (χ4v) is 3.77. The van der Waals surface area contributed by atoms with Crippen LogP contribution in [0.2, 0.25) is 5.02 Å². The summed E-state index contributed by atoms with van der Waals surface area (Å²) in [4.78, 5) is 0.0974. The molecule has 1 aromatic carbocycles. The smallest absolute Gasteiger partial charge is 0.207 e. The summed E-state index contributed by atoms with van der Waals surface area (Å²) >= 11 is 20.4. The van der Waals surface area contributed by atoms with Crippen molar-refractivity contribution in [3.05, 3.63) is 27.7 Å². The molecule has 0 aliphatic rings. The lowest BCUT2D eigenvalue weighted by molar-refractivity contribution is 0.500. The minimum absolute atomic E-state index is 0.0739. The maximum absolute atomic E-state index is 12.1. The molecular weight excluding hydrogens is 384 g/mol. The average molecular weight is 396 g/mol. The molecule has 0 atom stereocenters. The van der Waals surface area contributed by atoms with E-state index in [0.29, 0.717) is 9.50 Å². The third-order valence-corrected chi connectivity index (χ3v) is 6.20. The summed E-state index contributed by atoms with van der Waals surface area (Å²) in [6, 6.07) is 4.34. The predicted octanol–water partition coefficient (Wildman–Crippen LogP) is 3.62. The van der Waals surface area contributed by atoms with Gasteiger partial charge in [-0.05, 0) is 41.1 Å². The van der Waals surface area contributed by atoms with Gasteiger partial charge in [-0.1, -0.05) is 11.6 Å². The molecule has 0 fully saturated rings. The van der Waals surface area contributed by atoms with E-state index in [9.17, 15) is 8.42 Å². The van der Waals surface area contributed by atoms with Gasteiger partial charge in [-0.15, -0.1) is 23.2 Å². The van der Waals surface area contributed by atoms with E-state index >= 15 is 0 Å². The van der Waals surface area contributed by atoms with Crippen LogP contribution in [0, 0.1) is 0 Å². The SMILES string of the molecule is CC(CCl)(CCl)NS(=O)(=O)c1ccc(Cl)c(Br)c1. The van der Waals surface area contributed by atoms with Crippen LogP contribution < -0.4 is 4.72 Å². The molecule has 0 amide bonds. The number of alkyl halides is 2. The van der Waals surface area contributed by atoms with Crippen LogP contribution in [0.25, 0.3) is 0 Å².